The van der Waals surface area contributed by atoms with Gasteiger partial charge in [-0.3, -0.25) is 10.1 Å². The van der Waals surface area contributed by atoms with Crippen molar-refractivity contribution in [1.82, 2.24) is 5.32 Å². The molecule has 2 N–H and O–H groups in total. The highest BCUT2D eigenvalue weighted by Gasteiger charge is 2.10. The Balaban J connectivity index is 2.39. The average molecular weight is 295 g/mol. The summed E-state index contributed by atoms with van der Waals surface area (Å²) in [7, 11) is 0. The lowest BCUT2D eigenvalue weighted by molar-refractivity contribution is -0.139. The lowest BCUT2D eigenvalue weighted by Crippen LogP contribution is -2.32. The Hall–Kier alpha value is -0.560. The van der Waals surface area contributed by atoms with E-state index in [1.54, 1.807) is 6.92 Å². The van der Waals surface area contributed by atoms with Gasteiger partial charge in [0.1, 0.15) is 11.8 Å². The summed E-state index contributed by atoms with van der Waals surface area (Å²) in [5.41, 5.74) is 0. The summed E-state index contributed by atoms with van der Waals surface area (Å²) in [6.45, 7) is 2.03. The molecule has 0 spiro atoms. The van der Waals surface area contributed by atoms with Crippen LogP contribution in [0.1, 0.15) is 12.7 Å². The molecule has 0 aliphatic carbocycles. The SMILES string of the molecule is CC(NCc1ccc(I)o1)C(=O)O. The first-order valence-electron chi connectivity index (χ1n) is 3.80. The standard InChI is InChI=1S/C8H10INO3/c1-5(8(11)12)10-4-6-2-3-7(9)13-6/h2-3,5,10H,4H2,1H3,(H,11,12). The van der Waals surface area contributed by atoms with Crippen LogP contribution in [-0.4, -0.2) is 17.1 Å². The quantitative estimate of drug-likeness (QED) is 0.825. The van der Waals surface area contributed by atoms with Crippen molar-refractivity contribution >= 4 is 28.6 Å². The fourth-order valence-corrected chi connectivity index (χ4v) is 1.25. The number of nitrogens with one attached hydrogen (secondary N) is 1. The van der Waals surface area contributed by atoms with Crippen molar-refractivity contribution in [3.05, 3.63) is 21.7 Å². The fraction of sp³-hybridized carbons (Fsp3) is 0.375. The summed E-state index contributed by atoms with van der Waals surface area (Å²) in [4.78, 5) is 10.4. The van der Waals surface area contributed by atoms with Crippen LogP contribution in [-0.2, 0) is 11.3 Å². The molecular weight excluding hydrogens is 285 g/mol. The van der Waals surface area contributed by atoms with E-state index < -0.39 is 12.0 Å². The van der Waals surface area contributed by atoms with Gasteiger partial charge in [-0.05, 0) is 41.6 Å². The van der Waals surface area contributed by atoms with Crippen LogP contribution in [0.25, 0.3) is 0 Å². The normalized spacial score (nSPS) is 12.8. The second-order valence-electron chi connectivity index (χ2n) is 2.65. The molecule has 0 saturated heterocycles. The molecule has 1 heterocycles. The van der Waals surface area contributed by atoms with Crippen molar-refractivity contribution < 1.29 is 14.3 Å². The lowest BCUT2D eigenvalue weighted by Gasteiger charge is -2.06. The summed E-state index contributed by atoms with van der Waals surface area (Å²) in [6.07, 6.45) is 0. The lowest BCUT2D eigenvalue weighted by atomic mass is 10.3. The molecule has 0 radical (unpaired) electrons. The second kappa shape index (κ2) is 4.61. The predicted octanol–water partition coefficient (Wildman–Crippen LogP) is 1.45. The van der Waals surface area contributed by atoms with Gasteiger partial charge in [-0.2, -0.15) is 0 Å². The van der Waals surface area contributed by atoms with Crippen LogP contribution in [0, 0.1) is 3.77 Å². The second-order valence-corrected chi connectivity index (χ2v) is 3.71. The van der Waals surface area contributed by atoms with Crippen molar-refractivity contribution in [1.29, 1.82) is 0 Å². The van der Waals surface area contributed by atoms with Crippen molar-refractivity contribution in [2.45, 2.75) is 19.5 Å². The molecular formula is C8H10INO3. The van der Waals surface area contributed by atoms with Crippen LogP contribution >= 0.6 is 22.6 Å². The van der Waals surface area contributed by atoms with Crippen LogP contribution in [0.3, 0.4) is 0 Å². The van der Waals surface area contributed by atoms with E-state index in [9.17, 15) is 4.79 Å². The van der Waals surface area contributed by atoms with Crippen molar-refractivity contribution in [2.75, 3.05) is 0 Å². The van der Waals surface area contributed by atoms with Gasteiger partial charge >= 0.3 is 5.97 Å². The van der Waals surface area contributed by atoms with E-state index in [0.717, 1.165) is 9.53 Å². The predicted molar refractivity (Wildman–Crippen MR) is 55.4 cm³/mol. The first kappa shape index (κ1) is 10.5. The van der Waals surface area contributed by atoms with Gasteiger partial charge in [0.05, 0.1) is 6.54 Å². The summed E-state index contributed by atoms with van der Waals surface area (Å²) >= 11 is 2.06. The van der Waals surface area contributed by atoms with Crippen LogP contribution < -0.4 is 5.32 Å². The summed E-state index contributed by atoms with van der Waals surface area (Å²) in [6, 6.07) is 3.11. The topological polar surface area (TPSA) is 62.5 Å². The number of carboxylic acids is 1. The Labute approximate surface area is 89.5 Å². The molecule has 1 aromatic rings. The van der Waals surface area contributed by atoms with Gasteiger partial charge in [0.2, 0.25) is 0 Å². The van der Waals surface area contributed by atoms with Gasteiger partial charge in [-0.25, -0.2) is 0 Å². The molecule has 0 aliphatic heterocycles. The van der Waals surface area contributed by atoms with E-state index in [-0.39, 0.29) is 0 Å². The number of halogens is 1. The smallest absolute Gasteiger partial charge is 0.320 e. The Morgan fingerprint density at radius 3 is 2.92 bits per heavy atom. The number of carboxylic acid groups (broad SMARTS) is 1. The molecule has 0 bridgehead atoms. The highest BCUT2D eigenvalue weighted by molar-refractivity contribution is 14.1. The molecule has 72 valence electrons. The Bertz CT molecular complexity index is 297. The molecule has 4 nitrogen and oxygen atoms in total. The van der Waals surface area contributed by atoms with E-state index in [2.05, 4.69) is 27.9 Å². The van der Waals surface area contributed by atoms with Gasteiger partial charge in [-0.15, -0.1) is 0 Å². The van der Waals surface area contributed by atoms with Gasteiger partial charge < -0.3 is 9.52 Å². The van der Waals surface area contributed by atoms with E-state index in [1.807, 2.05) is 12.1 Å². The number of hydrogen-bond donors (Lipinski definition) is 2. The molecule has 1 atom stereocenters. The van der Waals surface area contributed by atoms with E-state index >= 15 is 0 Å². The molecule has 1 unspecified atom stereocenters. The summed E-state index contributed by atoms with van der Waals surface area (Å²) in [5.74, 6) is -0.112. The first-order valence-corrected chi connectivity index (χ1v) is 4.88. The molecule has 1 rings (SSSR count). The zero-order valence-electron chi connectivity index (χ0n) is 7.08. The number of aliphatic carboxylic acids is 1. The molecule has 0 aliphatic rings. The molecule has 5 heteroatoms. The first-order chi connectivity index (χ1) is 6.09. The van der Waals surface area contributed by atoms with Gasteiger partial charge in [0.25, 0.3) is 0 Å². The zero-order chi connectivity index (χ0) is 9.84. The molecule has 0 amide bonds. The summed E-state index contributed by atoms with van der Waals surface area (Å²) < 4.78 is 6.05. The number of furan rings is 1. The Morgan fingerprint density at radius 1 is 1.77 bits per heavy atom. The molecule has 0 fully saturated rings. The average Bonchev–Trinajstić information content (AvgIpc) is 2.47. The minimum Gasteiger partial charge on any atom is -0.480 e. The minimum absolute atomic E-state index is 0.441. The highest BCUT2D eigenvalue weighted by Crippen LogP contribution is 2.09. The number of hydrogen-bond acceptors (Lipinski definition) is 3. The van der Waals surface area contributed by atoms with E-state index in [0.29, 0.717) is 6.54 Å². The maximum absolute atomic E-state index is 10.4. The largest absolute Gasteiger partial charge is 0.480 e. The fourth-order valence-electron chi connectivity index (χ4n) is 0.788. The van der Waals surface area contributed by atoms with Crippen molar-refractivity contribution in [3.8, 4) is 0 Å². The maximum atomic E-state index is 10.4. The summed E-state index contributed by atoms with van der Waals surface area (Å²) in [5, 5.41) is 11.4. The highest BCUT2D eigenvalue weighted by atomic mass is 127. The molecule has 0 saturated carbocycles. The van der Waals surface area contributed by atoms with Crippen LogP contribution in [0.4, 0.5) is 0 Å². The van der Waals surface area contributed by atoms with Gasteiger partial charge in [-0.1, -0.05) is 0 Å². The number of carbonyl (C=O) groups is 1. The van der Waals surface area contributed by atoms with Crippen molar-refractivity contribution in [2.24, 2.45) is 0 Å². The molecule has 0 aromatic carbocycles. The Kier molecular flexibility index (Phi) is 3.73. The van der Waals surface area contributed by atoms with Crippen LogP contribution in [0.2, 0.25) is 0 Å². The van der Waals surface area contributed by atoms with Gasteiger partial charge in [0, 0.05) is 0 Å². The third-order valence-corrected chi connectivity index (χ3v) is 2.16. The third-order valence-electron chi connectivity index (χ3n) is 1.58. The maximum Gasteiger partial charge on any atom is 0.320 e. The zero-order valence-corrected chi connectivity index (χ0v) is 9.24. The van der Waals surface area contributed by atoms with Crippen LogP contribution in [0.15, 0.2) is 16.5 Å². The monoisotopic (exact) mass is 295 g/mol. The Morgan fingerprint density at radius 2 is 2.46 bits per heavy atom. The number of rotatable bonds is 4. The third kappa shape index (κ3) is 3.35. The molecule has 1 aromatic heterocycles. The van der Waals surface area contributed by atoms with Crippen LogP contribution in [0.5, 0.6) is 0 Å². The van der Waals surface area contributed by atoms with E-state index in [4.69, 9.17) is 9.52 Å². The minimum atomic E-state index is -0.860. The van der Waals surface area contributed by atoms with Gasteiger partial charge in [0.15, 0.2) is 3.77 Å². The van der Waals surface area contributed by atoms with E-state index in [1.165, 1.54) is 0 Å². The van der Waals surface area contributed by atoms with Crippen molar-refractivity contribution in [3.63, 3.8) is 0 Å². The molecule has 13 heavy (non-hydrogen) atoms.